The highest BCUT2D eigenvalue weighted by Gasteiger charge is 2.43. The fourth-order valence-corrected chi connectivity index (χ4v) is 4.15. The van der Waals surface area contributed by atoms with Gasteiger partial charge >= 0.3 is 0 Å². The first kappa shape index (κ1) is 14.2. The van der Waals surface area contributed by atoms with Crippen LogP contribution in [-0.4, -0.2) is 65.6 Å². The molecule has 1 saturated carbocycles. The third kappa shape index (κ3) is 2.65. The molecule has 2 aliphatic heterocycles. The molecule has 6 nitrogen and oxygen atoms in total. The van der Waals surface area contributed by atoms with Gasteiger partial charge in [-0.25, -0.2) is 4.98 Å². The van der Waals surface area contributed by atoms with Gasteiger partial charge in [-0.05, 0) is 18.8 Å². The van der Waals surface area contributed by atoms with Gasteiger partial charge in [-0.15, -0.1) is 0 Å². The van der Waals surface area contributed by atoms with Crippen molar-refractivity contribution in [1.82, 2.24) is 14.8 Å². The number of rotatable bonds is 3. The van der Waals surface area contributed by atoms with Gasteiger partial charge in [0.2, 0.25) is 5.76 Å². The molecule has 2 atom stereocenters. The molecule has 3 aliphatic rings. The number of ether oxygens (including phenoxy) is 1. The third-order valence-electron chi connectivity index (χ3n) is 5.31. The molecule has 22 heavy (non-hydrogen) atoms. The fourth-order valence-electron chi connectivity index (χ4n) is 4.15. The lowest BCUT2D eigenvalue weighted by molar-refractivity contribution is -0.0516. The topological polar surface area (TPSA) is 58.8 Å². The summed E-state index contributed by atoms with van der Waals surface area (Å²) in [5.74, 6) is 1.08. The predicted molar refractivity (Wildman–Crippen MR) is 79.5 cm³/mol. The van der Waals surface area contributed by atoms with Crippen molar-refractivity contribution in [3.63, 3.8) is 0 Å². The van der Waals surface area contributed by atoms with Gasteiger partial charge in [0, 0.05) is 26.2 Å². The van der Waals surface area contributed by atoms with E-state index in [1.165, 1.54) is 38.3 Å². The molecule has 4 rings (SSSR count). The van der Waals surface area contributed by atoms with E-state index in [1.54, 1.807) is 0 Å². The molecule has 3 fully saturated rings. The maximum absolute atomic E-state index is 12.4. The van der Waals surface area contributed by atoms with Crippen LogP contribution in [0.1, 0.15) is 36.2 Å². The van der Waals surface area contributed by atoms with Gasteiger partial charge in [-0.1, -0.05) is 12.8 Å². The van der Waals surface area contributed by atoms with Gasteiger partial charge in [-0.2, -0.15) is 0 Å². The quantitative estimate of drug-likeness (QED) is 0.844. The minimum Gasteiger partial charge on any atom is -0.438 e. The molecule has 3 heterocycles. The highest BCUT2D eigenvalue weighted by Crippen LogP contribution is 2.30. The lowest BCUT2D eigenvalue weighted by atomic mass is 10.0. The molecular weight excluding hydrogens is 282 g/mol. The summed E-state index contributed by atoms with van der Waals surface area (Å²) in [6.07, 6.45) is 8.39. The van der Waals surface area contributed by atoms with Crippen LogP contribution in [0.15, 0.2) is 17.0 Å². The van der Waals surface area contributed by atoms with E-state index in [2.05, 4.69) is 9.88 Å². The summed E-state index contributed by atoms with van der Waals surface area (Å²) in [6, 6.07) is 0.334. The zero-order valence-electron chi connectivity index (χ0n) is 12.8. The Morgan fingerprint density at radius 3 is 2.95 bits per heavy atom. The zero-order valence-corrected chi connectivity index (χ0v) is 12.8. The van der Waals surface area contributed by atoms with Gasteiger partial charge in [0.25, 0.3) is 5.91 Å². The fraction of sp³-hybridized carbons (Fsp3) is 0.750. The van der Waals surface area contributed by atoms with Crippen LogP contribution in [0, 0.1) is 5.92 Å². The number of likely N-dealkylation sites (tertiary alicyclic amines) is 1. The summed E-state index contributed by atoms with van der Waals surface area (Å²) in [5, 5.41) is 0. The van der Waals surface area contributed by atoms with Crippen LogP contribution in [0.5, 0.6) is 0 Å². The largest absolute Gasteiger partial charge is 0.438 e. The second-order valence-electron chi connectivity index (χ2n) is 6.70. The molecule has 1 aliphatic carbocycles. The Morgan fingerprint density at radius 2 is 2.18 bits per heavy atom. The Hall–Kier alpha value is -1.40. The van der Waals surface area contributed by atoms with Crippen molar-refractivity contribution in [2.75, 3.05) is 32.8 Å². The Bertz CT molecular complexity index is 513. The van der Waals surface area contributed by atoms with Crippen LogP contribution in [0.4, 0.5) is 0 Å². The molecule has 0 spiro atoms. The van der Waals surface area contributed by atoms with Gasteiger partial charge in [0.15, 0.2) is 6.39 Å². The standard InChI is InChI=1S/C16H23N3O3/c20-16(14-7-17-11-22-14)19-9-13-15(10-19)21-6-5-18(13)8-12-3-1-2-4-12/h7,11-13,15H,1-6,8-10H2/t13-,15-/m0/s1. The van der Waals surface area contributed by atoms with Crippen molar-refractivity contribution >= 4 is 5.91 Å². The van der Waals surface area contributed by atoms with Crippen LogP contribution in [-0.2, 0) is 4.74 Å². The minimum absolute atomic E-state index is 0.0729. The van der Waals surface area contributed by atoms with Crippen molar-refractivity contribution < 1.29 is 13.9 Å². The molecule has 1 aromatic rings. The molecule has 1 aromatic heterocycles. The summed E-state index contributed by atoms with van der Waals surface area (Å²) in [6.45, 7) is 4.32. The van der Waals surface area contributed by atoms with Gasteiger partial charge < -0.3 is 14.1 Å². The summed E-state index contributed by atoms with van der Waals surface area (Å²) < 4.78 is 11.1. The Labute approximate surface area is 130 Å². The number of carbonyl (C=O) groups excluding carboxylic acids is 1. The van der Waals surface area contributed by atoms with Crippen molar-refractivity contribution in [3.05, 3.63) is 18.4 Å². The summed E-state index contributed by atoms with van der Waals surface area (Å²) >= 11 is 0. The Kier molecular flexibility index (Phi) is 3.88. The molecular formula is C16H23N3O3. The van der Waals surface area contributed by atoms with E-state index in [1.807, 2.05) is 4.90 Å². The second-order valence-corrected chi connectivity index (χ2v) is 6.70. The Balaban J connectivity index is 1.42. The van der Waals surface area contributed by atoms with E-state index in [-0.39, 0.29) is 12.0 Å². The van der Waals surface area contributed by atoms with Gasteiger partial charge in [0.05, 0.1) is 24.9 Å². The molecule has 0 radical (unpaired) electrons. The number of fused-ring (bicyclic) bond motifs is 1. The van der Waals surface area contributed by atoms with Crippen molar-refractivity contribution in [1.29, 1.82) is 0 Å². The zero-order chi connectivity index (χ0) is 14.9. The number of carbonyl (C=O) groups is 1. The van der Waals surface area contributed by atoms with Crippen LogP contribution in [0.25, 0.3) is 0 Å². The molecule has 0 aromatic carbocycles. The summed E-state index contributed by atoms with van der Waals surface area (Å²) in [4.78, 5) is 20.7. The molecule has 1 amide bonds. The molecule has 2 saturated heterocycles. The SMILES string of the molecule is O=C(c1cnco1)N1C[C@@H]2OCCN(CC3CCCC3)[C@H]2C1. The average Bonchev–Trinajstić information content (AvgIpc) is 3.28. The third-order valence-corrected chi connectivity index (χ3v) is 5.31. The smallest absolute Gasteiger partial charge is 0.291 e. The van der Waals surface area contributed by atoms with Crippen molar-refractivity contribution in [2.24, 2.45) is 5.92 Å². The van der Waals surface area contributed by atoms with E-state index in [9.17, 15) is 4.79 Å². The number of morpholine rings is 1. The van der Waals surface area contributed by atoms with Crippen molar-refractivity contribution in [2.45, 2.75) is 37.8 Å². The maximum atomic E-state index is 12.4. The lowest BCUT2D eigenvalue weighted by Gasteiger charge is -2.38. The van der Waals surface area contributed by atoms with Crippen LogP contribution >= 0.6 is 0 Å². The molecule has 0 bridgehead atoms. The number of aromatic nitrogens is 1. The van der Waals surface area contributed by atoms with Crippen LogP contribution in [0.2, 0.25) is 0 Å². The predicted octanol–water partition coefficient (Wildman–Crippen LogP) is 1.39. The van der Waals surface area contributed by atoms with Gasteiger partial charge in [0.1, 0.15) is 0 Å². The molecule has 120 valence electrons. The van der Waals surface area contributed by atoms with Crippen molar-refractivity contribution in [3.8, 4) is 0 Å². The van der Waals surface area contributed by atoms with E-state index in [0.717, 1.165) is 32.2 Å². The Morgan fingerprint density at radius 1 is 1.32 bits per heavy atom. The first-order valence-electron chi connectivity index (χ1n) is 8.34. The highest BCUT2D eigenvalue weighted by atomic mass is 16.5. The first-order valence-corrected chi connectivity index (χ1v) is 8.34. The first-order chi connectivity index (χ1) is 10.8. The highest BCUT2D eigenvalue weighted by molar-refractivity contribution is 5.91. The summed E-state index contributed by atoms with van der Waals surface area (Å²) in [5.41, 5.74) is 0. The van der Waals surface area contributed by atoms with Crippen LogP contribution < -0.4 is 0 Å². The minimum atomic E-state index is -0.0729. The van der Waals surface area contributed by atoms with E-state index in [0.29, 0.717) is 18.3 Å². The molecule has 0 N–H and O–H groups in total. The monoisotopic (exact) mass is 305 g/mol. The van der Waals surface area contributed by atoms with E-state index in [4.69, 9.17) is 9.15 Å². The van der Waals surface area contributed by atoms with Gasteiger partial charge in [-0.3, -0.25) is 9.69 Å². The van der Waals surface area contributed by atoms with E-state index < -0.39 is 0 Å². The number of hydrogen-bond acceptors (Lipinski definition) is 5. The number of hydrogen-bond donors (Lipinski definition) is 0. The number of oxazole rings is 1. The second kappa shape index (κ2) is 6.01. The number of nitrogens with zero attached hydrogens (tertiary/aromatic N) is 3. The van der Waals surface area contributed by atoms with E-state index >= 15 is 0 Å². The maximum Gasteiger partial charge on any atom is 0.291 e. The molecule has 6 heteroatoms. The molecule has 0 unspecified atom stereocenters. The summed E-state index contributed by atoms with van der Waals surface area (Å²) in [7, 11) is 0. The lowest BCUT2D eigenvalue weighted by Crippen LogP contribution is -2.52. The average molecular weight is 305 g/mol. The normalized spacial score (nSPS) is 29.9. The van der Waals surface area contributed by atoms with Crippen LogP contribution in [0.3, 0.4) is 0 Å². The number of amides is 1.